The molecule has 0 fully saturated rings. The van der Waals surface area contributed by atoms with Crippen molar-refractivity contribution in [1.82, 2.24) is 0 Å². The molecule has 3 aromatic rings. The highest BCUT2D eigenvalue weighted by Gasteiger charge is 2.09. The molecule has 0 unspecified atom stereocenters. The first-order valence-corrected chi connectivity index (χ1v) is 10.3. The first-order valence-electron chi connectivity index (χ1n) is 10.3. The summed E-state index contributed by atoms with van der Waals surface area (Å²) in [6.07, 6.45) is 3.11. The van der Waals surface area contributed by atoms with E-state index < -0.39 is 5.97 Å². The molecule has 0 spiro atoms. The second-order valence-corrected chi connectivity index (χ2v) is 7.87. The molecule has 1 N–H and O–H groups in total. The number of hydrogen-bond acceptors (Lipinski definition) is 3. The minimum Gasteiger partial charge on any atom is -0.423 e. The van der Waals surface area contributed by atoms with Gasteiger partial charge in [0.1, 0.15) is 5.75 Å². The van der Waals surface area contributed by atoms with Crippen molar-refractivity contribution in [3.05, 3.63) is 101 Å². The van der Waals surface area contributed by atoms with Gasteiger partial charge in [-0.05, 0) is 72.9 Å². The van der Waals surface area contributed by atoms with Crippen LogP contribution < -0.4 is 10.1 Å². The standard InChI is InChI=1S/C27H27NO3/c1-18(2)22-9-6-21(7-10-22)8-16-26(29)31-24-13-11-23(12-14-24)27(30)28-25-15-5-19(3)17-20(25)4/h5-18H,1-4H3,(H,28,30)/b16-8+. The van der Waals surface area contributed by atoms with Gasteiger partial charge in [0, 0.05) is 17.3 Å². The van der Waals surface area contributed by atoms with Gasteiger partial charge in [0.2, 0.25) is 0 Å². The molecule has 31 heavy (non-hydrogen) atoms. The molecule has 0 aliphatic heterocycles. The Labute approximate surface area is 183 Å². The van der Waals surface area contributed by atoms with Crippen molar-refractivity contribution in [3.63, 3.8) is 0 Å². The molecule has 1 amide bonds. The van der Waals surface area contributed by atoms with Gasteiger partial charge < -0.3 is 10.1 Å². The Morgan fingerprint density at radius 3 is 2.19 bits per heavy atom. The van der Waals surface area contributed by atoms with Gasteiger partial charge >= 0.3 is 5.97 Å². The molecule has 0 saturated heterocycles. The van der Waals surface area contributed by atoms with Gasteiger partial charge in [0.05, 0.1) is 0 Å². The Kier molecular flexibility index (Phi) is 7.03. The number of nitrogens with one attached hydrogen (secondary N) is 1. The number of amides is 1. The summed E-state index contributed by atoms with van der Waals surface area (Å²) in [5.41, 5.74) is 5.59. The molecule has 158 valence electrons. The molecule has 3 rings (SSSR count). The predicted molar refractivity (Wildman–Crippen MR) is 126 cm³/mol. The van der Waals surface area contributed by atoms with Crippen LogP contribution in [0.15, 0.2) is 72.8 Å². The van der Waals surface area contributed by atoms with Gasteiger partial charge in [-0.3, -0.25) is 4.79 Å². The lowest BCUT2D eigenvalue weighted by Gasteiger charge is -2.09. The summed E-state index contributed by atoms with van der Waals surface area (Å²) in [7, 11) is 0. The zero-order chi connectivity index (χ0) is 22.4. The van der Waals surface area contributed by atoms with Crippen LogP contribution in [0.1, 0.15) is 52.4 Å². The van der Waals surface area contributed by atoms with Crippen molar-refractivity contribution >= 4 is 23.6 Å². The number of carbonyl (C=O) groups excluding carboxylic acids is 2. The first-order chi connectivity index (χ1) is 14.8. The lowest BCUT2D eigenvalue weighted by Crippen LogP contribution is -2.13. The highest BCUT2D eigenvalue weighted by molar-refractivity contribution is 6.04. The maximum atomic E-state index is 12.5. The largest absolute Gasteiger partial charge is 0.423 e. The van der Waals surface area contributed by atoms with Gasteiger partial charge in [-0.15, -0.1) is 0 Å². The number of rotatable bonds is 6. The van der Waals surface area contributed by atoms with Crippen LogP contribution in [0.3, 0.4) is 0 Å². The minimum absolute atomic E-state index is 0.213. The van der Waals surface area contributed by atoms with Gasteiger partial charge in [0.25, 0.3) is 5.91 Å². The number of benzene rings is 3. The Hall–Kier alpha value is -3.66. The van der Waals surface area contributed by atoms with Crippen LogP contribution in [0.5, 0.6) is 5.75 Å². The number of anilines is 1. The summed E-state index contributed by atoms with van der Waals surface area (Å²) in [6, 6.07) is 20.4. The summed E-state index contributed by atoms with van der Waals surface area (Å²) < 4.78 is 5.33. The van der Waals surface area contributed by atoms with E-state index in [0.29, 0.717) is 17.2 Å². The average molecular weight is 414 g/mol. The summed E-state index contributed by atoms with van der Waals surface area (Å²) in [6.45, 7) is 8.24. The highest BCUT2D eigenvalue weighted by Crippen LogP contribution is 2.19. The number of ether oxygens (including phenoxy) is 1. The maximum Gasteiger partial charge on any atom is 0.336 e. The van der Waals surface area contributed by atoms with Crippen molar-refractivity contribution in [3.8, 4) is 5.75 Å². The van der Waals surface area contributed by atoms with Crippen LogP contribution in [-0.2, 0) is 4.79 Å². The van der Waals surface area contributed by atoms with Crippen LogP contribution in [0.4, 0.5) is 5.69 Å². The van der Waals surface area contributed by atoms with E-state index in [0.717, 1.165) is 22.4 Å². The van der Waals surface area contributed by atoms with Crippen LogP contribution in [-0.4, -0.2) is 11.9 Å². The van der Waals surface area contributed by atoms with E-state index in [1.54, 1.807) is 30.3 Å². The normalized spacial score (nSPS) is 11.0. The van der Waals surface area contributed by atoms with E-state index in [4.69, 9.17) is 4.74 Å². The van der Waals surface area contributed by atoms with Crippen molar-refractivity contribution < 1.29 is 14.3 Å². The molecule has 0 aliphatic rings. The van der Waals surface area contributed by atoms with E-state index in [1.165, 1.54) is 11.6 Å². The quantitative estimate of drug-likeness (QED) is 0.293. The Morgan fingerprint density at radius 1 is 0.903 bits per heavy atom. The van der Waals surface area contributed by atoms with E-state index in [9.17, 15) is 9.59 Å². The van der Waals surface area contributed by atoms with Gasteiger partial charge in [-0.1, -0.05) is 55.8 Å². The zero-order valence-electron chi connectivity index (χ0n) is 18.3. The number of aryl methyl sites for hydroxylation is 2. The average Bonchev–Trinajstić information content (AvgIpc) is 2.75. The minimum atomic E-state index is -0.472. The fourth-order valence-corrected chi connectivity index (χ4v) is 3.13. The zero-order valence-corrected chi connectivity index (χ0v) is 18.3. The lowest BCUT2D eigenvalue weighted by molar-refractivity contribution is -0.128. The summed E-state index contributed by atoms with van der Waals surface area (Å²) in [4.78, 5) is 24.6. The Balaban J connectivity index is 1.58. The molecule has 0 aromatic heterocycles. The van der Waals surface area contributed by atoms with Crippen molar-refractivity contribution in [2.75, 3.05) is 5.32 Å². The second-order valence-electron chi connectivity index (χ2n) is 7.87. The molecule has 0 radical (unpaired) electrons. The lowest BCUT2D eigenvalue weighted by atomic mass is 10.0. The van der Waals surface area contributed by atoms with Crippen LogP contribution in [0.25, 0.3) is 6.08 Å². The molecule has 3 aromatic carbocycles. The van der Waals surface area contributed by atoms with Crippen molar-refractivity contribution in [2.24, 2.45) is 0 Å². The topological polar surface area (TPSA) is 55.4 Å². The van der Waals surface area contributed by atoms with E-state index in [2.05, 4.69) is 31.3 Å². The molecule has 0 saturated carbocycles. The number of hydrogen-bond donors (Lipinski definition) is 1. The molecular weight excluding hydrogens is 386 g/mol. The summed E-state index contributed by atoms with van der Waals surface area (Å²) >= 11 is 0. The van der Waals surface area contributed by atoms with E-state index in [1.807, 2.05) is 44.2 Å². The third-order valence-electron chi connectivity index (χ3n) is 4.98. The third kappa shape index (κ3) is 6.16. The Bertz CT molecular complexity index is 1090. The van der Waals surface area contributed by atoms with E-state index >= 15 is 0 Å². The monoisotopic (exact) mass is 413 g/mol. The molecule has 4 heteroatoms. The Morgan fingerprint density at radius 2 is 1.58 bits per heavy atom. The van der Waals surface area contributed by atoms with E-state index in [-0.39, 0.29) is 5.91 Å². The fourth-order valence-electron chi connectivity index (χ4n) is 3.13. The van der Waals surface area contributed by atoms with Crippen LogP contribution >= 0.6 is 0 Å². The summed E-state index contributed by atoms with van der Waals surface area (Å²) in [5.74, 6) is 0.164. The van der Waals surface area contributed by atoms with Crippen molar-refractivity contribution in [1.29, 1.82) is 0 Å². The van der Waals surface area contributed by atoms with Crippen molar-refractivity contribution in [2.45, 2.75) is 33.6 Å². The van der Waals surface area contributed by atoms with Gasteiger partial charge in [-0.2, -0.15) is 0 Å². The SMILES string of the molecule is Cc1ccc(NC(=O)c2ccc(OC(=O)/C=C/c3ccc(C(C)C)cc3)cc2)c(C)c1. The second kappa shape index (κ2) is 9.90. The molecule has 4 nitrogen and oxygen atoms in total. The molecule has 0 heterocycles. The third-order valence-corrected chi connectivity index (χ3v) is 4.98. The number of esters is 1. The van der Waals surface area contributed by atoms with Crippen LogP contribution in [0, 0.1) is 13.8 Å². The highest BCUT2D eigenvalue weighted by atomic mass is 16.5. The molecular formula is C27H27NO3. The fraction of sp³-hybridized carbons (Fsp3) is 0.185. The molecule has 0 atom stereocenters. The predicted octanol–water partition coefficient (Wildman–Crippen LogP) is 6.30. The molecule has 0 bridgehead atoms. The van der Waals surface area contributed by atoms with Gasteiger partial charge in [-0.25, -0.2) is 4.79 Å². The maximum absolute atomic E-state index is 12.5. The summed E-state index contributed by atoms with van der Waals surface area (Å²) in [5, 5.41) is 2.91. The smallest absolute Gasteiger partial charge is 0.336 e. The van der Waals surface area contributed by atoms with Crippen LogP contribution in [0.2, 0.25) is 0 Å². The molecule has 0 aliphatic carbocycles. The first kappa shape index (κ1) is 22.0. The van der Waals surface area contributed by atoms with Gasteiger partial charge in [0.15, 0.2) is 0 Å². The number of carbonyl (C=O) groups is 2.